The summed E-state index contributed by atoms with van der Waals surface area (Å²) >= 11 is 0. The lowest BCUT2D eigenvalue weighted by Crippen LogP contribution is -2.50. The van der Waals surface area contributed by atoms with Crippen molar-refractivity contribution in [1.82, 2.24) is 4.90 Å². The van der Waals surface area contributed by atoms with Gasteiger partial charge in [0.15, 0.2) is 5.84 Å². The molecule has 2 rings (SSSR count). The monoisotopic (exact) mass is 275 g/mol. The normalized spacial score (nSPS) is 19.9. The summed E-state index contributed by atoms with van der Waals surface area (Å²) in [6, 6.07) is 7.32. The Labute approximate surface area is 119 Å². The van der Waals surface area contributed by atoms with Crippen LogP contribution < -0.4 is 5.73 Å². The third-order valence-corrected chi connectivity index (χ3v) is 3.85. The van der Waals surface area contributed by atoms with E-state index in [1.165, 1.54) is 0 Å². The number of amidine groups is 1. The van der Waals surface area contributed by atoms with Gasteiger partial charge in [-0.2, -0.15) is 0 Å². The second kappa shape index (κ2) is 6.41. The van der Waals surface area contributed by atoms with Crippen LogP contribution in [0.5, 0.6) is 0 Å². The molecule has 1 aliphatic heterocycles. The van der Waals surface area contributed by atoms with Gasteiger partial charge in [-0.1, -0.05) is 30.3 Å². The molecular formula is C15H21N3O2. The first kappa shape index (κ1) is 14.4. The molecule has 1 atom stereocenters. The maximum absolute atomic E-state index is 12.7. The smallest absolute Gasteiger partial charge is 0.254 e. The second-order valence-corrected chi connectivity index (χ2v) is 5.05. The summed E-state index contributed by atoms with van der Waals surface area (Å²) in [7, 11) is 0. The van der Waals surface area contributed by atoms with Gasteiger partial charge in [-0.25, -0.2) is 0 Å². The fourth-order valence-electron chi connectivity index (χ4n) is 2.74. The number of piperidine rings is 1. The van der Waals surface area contributed by atoms with E-state index in [1.807, 2.05) is 31.2 Å². The number of rotatable bonds is 3. The van der Waals surface area contributed by atoms with Gasteiger partial charge in [-0.15, -0.1) is 0 Å². The van der Waals surface area contributed by atoms with Gasteiger partial charge in [0.2, 0.25) is 0 Å². The number of benzene rings is 1. The summed E-state index contributed by atoms with van der Waals surface area (Å²) in [5, 5.41) is 12.0. The van der Waals surface area contributed by atoms with Crippen LogP contribution in [0.3, 0.4) is 0 Å². The van der Waals surface area contributed by atoms with Crippen LogP contribution >= 0.6 is 0 Å². The SMILES string of the molecule is CCc1ccccc1C(=O)N1CCCCC1/C(N)=N/O. The van der Waals surface area contributed by atoms with E-state index in [9.17, 15) is 4.79 Å². The average molecular weight is 275 g/mol. The molecule has 1 aliphatic rings. The molecule has 1 unspecified atom stereocenters. The van der Waals surface area contributed by atoms with Crippen molar-refractivity contribution in [2.75, 3.05) is 6.54 Å². The van der Waals surface area contributed by atoms with Crippen LogP contribution in [-0.4, -0.2) is 34.4 Å². The molecule has 0 radical (unpaired) electrons. The molecule has 1 heterocycles. The number of hydrogen-bond acceptors (Lipinski definition) is 3. The highest BCUT2D eigenvalue weighted by Crippen LogP contribution is 2.21. The number of oxime groups is 1. The van der Waals surface area contributed by atoms with Gasteiger partial charge in [-0.05, 0) is 37.3 Å². The zero-order valence-electron chi connectivity index (χ0n) is 11.7. The minimum Gasteiger partial charge on any atom is -0.409 e. The fourth-order valence-corrected chi connectivity index (χ4v) is 2.74. The number of amides is 1. The van der Waals surface area contributed by atoms with E-state index < -0.39 is 0 Å². The largest absolute Gasteiger partial charge is 0.409 e. The van der Waals surface area contributed by atoms with E-state index >= 15 is 0 Å². The van der Waals surface area contributed by atoms with Crippen molar-refractivity contribution >= 4 is 11.7 Å². The molecule has 1 aromatic carbocycles. The molecule has 0 bridgehead atoms. The Morgan fingerprint density at radius 2 is 2.20 bits per heavy atom. The number of nitrogens with two attached hydrogens (primary N) is 1. The average Bonchev–Trinajstić information content (AvgIpc) is 2.53. The lowest BCUT2D eigenvalue weighted by Gasteiger charge is -2.35. The molecule has 108 valence electrons. The summed E-state index contributed by atoms with van der Waals surface area (Å²) in [4.78, 5) is 14.5. The zero-order valence-corrected chi connectivity index (χ0v) is 11.7. The third-order valence-electron chi connectivity index (χ3n) is 3.85. The highest BCUT2D eigenvalue weighted by molar-refractivity contribution is 5.99. The molecule has 3 N–H and O–H groups in total. The number of carbonyl (C=O) groups excluding carboxylic acids is 1. The van der Waals surface area contributed by atoms with Crippen molar-refractivity contribution in [3.8, 4) is 0 Å². The highest BCUT2D eigenvalue weighted by atomic mass is 16.4. The zero-order chi connectivity index (χ0) is 14.5. The predicted molar refractivity (Wildman–Crippen MR) is 77.9 cm³/mol. The van der Waals surface area contributed by atoms with E-state index in [0.29, 0.717) is 12.1 Å². The van der Waals surface area contributed by atoms with E-state index in [4.69, 9.17) is 10.9 Å². The minimum atomic E-state index is -0.300. The Morgan fingerprint density at radius 3 is 2.90 bits per heavy atom. The van der Waals surface area contributed by atoms with Crippen LogP contribution in [0.25, 0.3) is 0 Å². The molecule has 1 saturated heterocycles. The predicted octanol–water partition coefficient (Wildman–Crippen LogP) is 1.99. The topological polar surface area (TPSA) is 78.9 Å². The first-order valence-corrected chi connectivity index (χ1v) is 7.05. The molecule has 5 nitrogen and oxygen atoms in total. The summed E-state index contributed by atoms with van der Waals surface area (Å²) in [5.41, 5.74) is 7.48. The van der Waals surface area contributed by atoms with E-state index in [-0.39, 0.29) is 17.8 Å². The van der Waals surface area contributed by atoms with Gasteiger partial charge in [0, 0.05) is 12.1 Å². The molecule has 20 heavy (non-hydrogen) atoms. The van der Waals surface area contributed by atoms with Crippen LogP contribution in [0.2, 0.25) is 0 Å². The standard InChI is InChI=1S/C15H21N3O2/c1-2-11-7-3-4-8-12(11)15(19)18-10-6-5-9-13(18)14(16)17-20/h3-4,7-8,13,20H,2,5-6,9-10H2,1H3,(H2,16,17). The number of likely N-dealkylation sites (tertiary alicyclic amines) is 1. The maximum atomic E-state index is 12.7. The van der Waals surface area contributed by atoms with Crippen LogP contribution in [0.15, 0.2) is 29.4 Å². The van der Waals surface area contributed by atoms with E-state index in [2.05, 4.69) is 5.16 Å². The molecule has 1 amide bonds. The summed E-state index contributed by atoms with van der Waals surface area (Å²) in [5.74, 6) is 0.0887. The van der Waals surface area contributed by atoms with E-state index in [1.54, 1.807) is 4.90 Å². The van der Waals surface area contributed by atoms with Gasteiger partial charge in [0.25, 0.3) is 5.91 Å². The van der Waals surface area contributed by atoms with Crippen molar-refractivity contribution in [1.29, 1.82) is 0 Å². The van der Waals surface area contributed by atoms with Gasteiger partial charge < -0.3 is 15.8 Å². The van der Waals surface area contributed by atoms with Gasteiger partial charge in [-0.3, -0.25) is 4.79 Å². The molecule has 0 saturated carbocycles. The van der Waals surface area contributed by atoms with Crippen molar-refractivity contribution in [2.45, 2.75) is 38.6 Å². The lowest BCUT2D eigenvalue weighted by molar-refractivity contribution is 0.0675. The summed E-state index contributed by atoms with van der Waals surface area (Å²) in [6.45, 7) is 2.68. The van der Waals surface area contributed by atoms with Crippen LogP contribution in [0.4, 0.5) is 0 Å². The summed E-state index contributed by atoms with van der Waals surface area (Å²) < 4.78 is 0. The van der Waals surface area contributed by atoms with Gasteiger partial charge in [0.1, 0.15) is 0 Å². The number of nitrogens with zero attached hydrogens (tertiary/aromatic N) is 2. The third kappa shape index (κ3) is 2.76. The Hall–Kier alpha value is -2.04. The molecule has 5 heteroatoms. The fraction of sp³-hybridized carbons (Fsp3) is 0.467. The van der Waals surface area contributed by atoms with Crippen molar-refractivity contribution < 1.29 is 10.0 Å². The van der Waals surface area contributed by atoms with Crippen molar-refractivity contribution in [3.05, 3.63) is 35.4 Å². The Kier molecular flexibility index (Phi) is 4.61. The molecule has 0 aliphatic carbocycles. The molecule has 1 fully saturated rings. The quantitative estimate of drug-likeness (QED) is 0.383. The number of carbonyl (C=O) groups is 1. The van der Waals surface area contributed by atoms with Crippen LogP contribution in [-0.2, 0) is 6.42 Å². The first-order chi connectivity index (χ1) is 9.69. The summed E-state index contributed by atoms with van der Waals surface area (Å²) in [6.07, 6.45) is 3.50. The molecule has 1 aromatic rings. The Balaban J connectivity index is 2.30. The molecule has 0 spiro atoms. The Morgan fingerprint density at radius 1 is 1.45 bits per heavy atom. The molecule has 0 aromatic heterocycles. The van der Waals surface area contributed by atoms with Crippen molar-refractivity contribution in [3.63, 3.8) is 0 Å². The van der Waals surface area contributed by atoms with Crippen LogP contribution in [0.1, 0.15) is 42.1 Å². The van der Waals surface area contributed by atoms with E-state index in [0.717, 1.165) is 31.2 Å². The second-order valence-electron chi connectivity index (χ2n) is 5.05. The molecular weight excluding hydrogens is 254 g/mol. The number of aryl methyl sites for hydroxylation is 1. The first-order valence-electron chi connectivity index (χ1n) is 7.05. The lowest BCUT2D eigenvalue weighted by atomic mass is 9.98. The maximum Gasteiger partial charge on any atom is 0.254 e. The van der Waals surface area contributed by atoms with Gasteiger partial charge in [0.05, 0.1) is 6.04 Å². The number of hydrogen-bond donors (Lipinski definition) is 2. The van der Waals surface area contributed by atoms with Crippen LogP contribution in [0, 0.1) is 0 Å². The van der Waals surface area contributed by atoms with Gasteiger partial charge >= 0.3 is 0 Å². The van der Waals surface area contributed by atoms with Crippen molar-refractivity contribution in [2.24, 2.45) is 10.9 Å². The minimum absolute atomic E-state index is 0.0289. The Bertz CT molecular complexity index is 514. The highest BCUT2D eigenvalue weighted by Gasteiger charge is 2.31.